The second-order valence-electron chi connectivity index (χ2n) is 7.92. The molecule has 3 atom stereocenters. The summed E-state index contributed by atoms with van der Waals surface area (Å²) in [6, 6.07) is 14.0. The molecule has 154 valence electrons. The number of hydrogen-bond acceptors (Lipinski definition) is 4. The van der Waals surface area contributed by atoms with E-state index in [1.165, 1.54) is 12.1 Å². The number of aliphatic hydroxyl groups is 1. The zero-order valence-electron chi connectivity index (χ0n) is 16.6. The highest BCUT2D eigenvalue weighted by Crippen LogP contribution is 2.32. The molecule has 5 nitrogen and oxygen atoms in total. The first kappa shape index (κ1) is 19.9. The zero-order valence-corrected chi connectivity index (χ0v) is 16.6. The Labute approximate surface area is 170 Å². The van der Waals surface area contributed by atoms with Gasteiger partial charge in [0.05, 0.1) is 19.3 Å². The van der Waals surface area contributed by atoms with Crippen LogP contribution in [0.2, 0.25) is 0 Å². The molecule has 6 heteroatoms. The largest absolute Gasteiger partial charge is 0.497 e. The first-order valence-corrected chi connectivity index (χ1v) is 10.1. The lowest BCUT2D eigenvalue weighted by molar-refractivity contribution is -0.133. The number of likely N-dealkylation sites (tertiary alicyclic amines) is 2. The van der Waals surface area contributed by atoms with Crippen LogP contribution in [-0.2, 0) is 11.3 Å². The third kappa shape index (κ3) is 4.28. The molecule has 0 saturated carbocycles. The van der Waals surface area contributed by atoms with Crippen molar-refractivity contribution in [3.05, 3.63) is 65.5 Å². The van der Waals surface area contributed by atoms with Gasteiger partial charge in [-0.05, 0) is 54.8 Å². The molecular formula is C23H27FN2O3. The average molecular weight is 398 g/mol. The Morgan fingerprint density at radius 3 is 2.45 bits per heavy atom. The second kappa shape index (κ2) is 8.51. The molecule has 0 radical (unpaired) electrons. The number of β-amino-alcohol motifs (C(OH)–C–C–N with tert-alkyl or cyclic N) is 1. The summed E-state index contributed by atoms with van der Waals surface area (Å²) in [6.45, 7) is 2.47. The van der Waals surface area contributed by atoms with E-state index in [0.29, 0.717) is 19.6 Å². The summed E-state index contributed by atoms with van der Waals surface area (Å²) in [6.07, 6.45) is 1.07. The molecular weight excluding hydrogens is 371 g/mol. The molecule has 0 aliphatic carbocycles. The smallest absolute Gasteiger partial charge is 0.240 e. The summed E-state index contributed by atoms with van der Waals surface area (Å²) >= 11 is 0. The third-order valence-electron chi connectivity index (χ3n) is 6.15. The van der Waals surface area contributed by atoms with Gasteiger partial charge in [0, 0.05) is 25.6 Å². The molecule has 2 aromatic carbocycles. The van der Waals surface area contributed by atoms with Crippen molar-refractivity contribution in [3.63, 3.8) is 0 Å². The number of amides is 1. The number of benzene rings is 2. The van der Waals surface area contributed by atoms with Gasteiger partial charge in [0.2, 0.25) is 5.91 Å². The van der Waals surface area contributed by atoms with Crippen LogP contribution in [0, 0.1) is 5.82 Å². The van der Waals surface area contributed by atoms with Crippen LogP contribution in [0.15, 0.2) is 48.5 Å². The number of piperidine rings is 1. The van der Waals surface area contributed by atoms with Gasteiger partial charge in [-0.3, -0.25) is 9.69 Å². The molecule has 2 aromatic rings. The van der Waals surface area contributed by atoms with Crippen molar-refractivity contribution in [3.8, 4) is 5.75 Å². The fourth-order valence-electron chi connectivity index (χ4n) is 4.51. The molecule has 3 unspecified atom stereocenters. The molecule has 2 aliphatic heterocycles. The third-order valence-corrected chi connectivity index (χ3v) is 6.15. The number of nitrogens with zero attached hydrogens (tertiary/aromatic N) is 2. The van der Waals surface area contributed by atoms with E-state index in [-0.39, 0.29) is 23.7 Å². The van der Waals surface area contributed by atoms with Gasteiger partial charge in [0.1, 0.15) is 11.6 Å². The SMILES string of the molecule is COc1ccc(C2CCN(C3CCN(Cc4ccc(F)cc4)C3=O)CC2O)cc1. The number of rotatable bonds is 5. The van der Waals surface area contributed by atoms with Crippen LogP contribution >= 0.6 is 0 Å². The van der Waals surface area contributed by atoms with E-state index in [1.807, 2.05) is 29.2 Å². The number of hydrogen-bond donors (Lipinski definition) is 1. The monoisotopic (exact) mass is 398 g/mol. The van der Waals surface area contributed by atoms with E-state index >= 15 is 0 Å². The van der Waals surface area contributed by atoms with Crippen LogP contribution in [0.3, 0.4) is 0 Å². The summed E-state index contributed by atoms with van der Waals surface area (Å²) in [7, 11) is 1.64. The number of carbonyl (C=O) groups excluding carboxylic acids is 1. The zero-order chi connectivity index (χ0) is 20.4. The Bertz CT molecular complexity index is 840. The molecule has 2 saturated heterocycles. The van der Waals surface area contributed by atoms with Crippen molar-refractivity contribution in [2.45, 2.75) is 37.5 Å². The summed E-state index contributed by atoms with van der Waals surface area (Å²) in [5, 5.41) is 10.8. The van der Waals surface area contributed by atoms with Crippen LogP contribution in [-0.4, -0.2) is 59.7 Å². The number of ether oxygens (including phenoxy) is 1. The molecule has 2 fully saturated rings. The molecule has 1 amide bonds. The van der Waals surface area contributed by atoms with Gasteiger partial charge in [0.15, 0.2) is 0 Å². The Kier molecular flexibility index (Phi) is 5.83. The fraction of sp³-hybridized carbons (Fsp3) is 0.435. The highest BCUT2D eigenvalue weighted by atomic mass is 19.1. The van der Waals surface area contributed by atoms with Gasteiger partial charge in [-0.15, -0.1) is 0 Å². The quantitative estimate of drug-likeness (QED) is 0.842. The van der Waals surface area contributed by atoms with E-state index in [9.17, 15) is 14.3 Å². The van der Waals surface area contributed by atoms with Gasteiger partial charge >= 0.3 is 0 Å². The first-order valence-electron chi connectivity index (χ1n) is 10.1. The highest BCUT2D eigenvalue weighted by molar-refractivity contribution is 5.84. The normalized spacial score (nSPS) is 25.4. The van der Waals surface area contributed by atoms with Crippen molar-refractivity contribution >= 4 is 5.91 Å². The number of aliphatic hydroxyl groups excluding tert-OH is 1. The van der Waals surface area contributed by atoms with Crippen molar-refractivity contribution in [1.82, 2.24) is 9.80 Å². The molecule has 0 bridgehead atoms. The topological polar surface area (TPSA) is 53.0 Å². The maximum Gasteiger partial charge on any atom is 0.240 e. The van der Waals surface area contributed by atoms with Crippen molar-refractivity contribution in [1.29, 1.82) is 0 Å². The predicted molar refractivity (Wildman–Crippen MR) is 108 cm³/mol. The van der Waals surface area contributed by atoms with Crippen LogP contribution in [0.25, 0.3) is 0 Å². The van der Waals surface area contributed by atoms with E-state index in [1.54, 1.807) is 19.2 Å². The van der Waals surface area contributed by atoms with Crippen molar-refractivity contribution < 1.29 is 19.0 Å². The molecule has 2 aliphatic rings. The van der Waals surface area contributed by atoms with Crippen LogP contribution < -0.4 is 4.74 Å². The number of methoxy groups -OCH3 is 1. The molecule has 1 N–H and O–H groups in total. The molecule has 0 aromatic heterocycles. The molecule has 0 spiro atoms. The second-order valence-corrected chi connectivity index (χ2v) is 7.92. The van der Waals surface area contributed by atoms with Crippen LogP contribution in [0.5, 0.6) is 5.75 Å². The Balaban J connectivity index is 1.36. The summed E-state index contributed by atoms with van der Waals surface area (Å²) in [5.74, 6) is 0.708. The standard InChI is InChI=1S/C23H27FN2O3/c1-29-19-8-4-17(5-9-19)20-10-12-25(15-22(20)27)21-11-13-26(23(21)28)14-16-2-6-18(24)7-3-16/h2-9,20-22,27H,10-15H2,1H3. The number of carbonyl (C=O) groups is 1. The maximum atomic E-state index is 13.1. The van der Waals surface area contributed by atoms with Gasteiger partial charge in [-0.2, -0.15) is 0 Å². The average Bonchev–Trinajstić information content (AvgIpc) is 3.10. The van der Waals surface area contributed by atoms with E-state index < -0.39 is 6.10 Å². The Hall–Kier alpha value is -2.44. The van der Waals surface area contributed by atoms with Gasteiger partial charge < -0.3 is 14.7 Å². The lowest BCUT2D eigenvalue weighted by atomic mass is 9.86. The molecule has 2 heterocycles. The maximum absolute atomic E-state index is 13.1. The van der Waals surface area contributed by atoms with Crippen molar-refractivity contribution in [2.24, 2.45) is 0 Å². The Morgan fingerprint density at radius 1 is 1.07 bits per heavy atom. The fourth-order valence-corrected chi connectivity index (χ4v) is 4.51. The Morgan fingerprint density at radius 2 is 1.79 bits per heavy atom. The van der Waals surface area contributed by atoms with Gasteiger partial charge in [0.25, 0.3) is 0 Å². The van der Waals surface area contributed by atoms with Crippen LogP contribution in [0.1, 0.15) is 29.9 Å². The minimum absolute atomic E-state index is 0.0731. The first-order chi connectivity index (χ1) is 14.0. The van der Waals surface area contributed by atoms with Gasteiger partial charge in [-0.25, -0.2) is 4.39 Å². The van der Waals surface area contributed by atoms with E-state index in [4.69, 9.17) is 4.74 Å². The van der Waals surface area contributed by atoms with Crippen LogP contribution in [0.4, 0.5) is 4.39 Å². The lowest BCUT2D eigenvalue weighted by Crippen LogP contribution is -2.50. The minimum atomic E-state index is -0.504. The summed E-state index contributed by atoms with van der Waals surface area (Å²) in [4.78, 5) is 16.9. The molecule has 4 rings (SSSR count). The van der Waals surface area contributed by atoms with Crippen molar-refractivity contribution in [2.75, 3.05) is 26.7 Å². The summed E-state index contributed by atoms with van der Waals surface area (Å²) < 4.78 is 18.3. The predicted octanol–water partition coefficient (Wildman–Crippen LogP) is 2.79. The molecule has 29 heavy (non-hydrogen) atoms. The van der Waals surface area contributed by atoms with E-state index in [2.05, 4.69) is 4.90 Å². The number of halogens is 1. The minimum Gasteiger partial charge on any atom is -0.497 e. The van der Waals surface area contributed by atoms with E-state index in [0.717, 1.165) is 36.3 Å². The van der Waals surface area contributed by atoms with Gasteiger partial charge in [-0.1, -0.05) is 24.3 Å². The lowest BCUT2D eigenvalue weighted by Gasteiger charge is -2.38. The highest BCUT2D eigenvalue weighted by Gasteiger charge is 2.39. The summed E-state index contributed by atoms with van der Waals surface area (Å²) in [5.41, 5.74) is 2.03.